The topological polar surface area (TPSA) is 319 Å². The Hall–Kier alpha value is -9.73. The van der Waals surface area contributed by atoms with Crippen molar-refractivity contribution in [2.75, 3.05) is 152 Å². The van der Waals surface area contributed by atoms with Crippen LogP contribution in [0.15, 0.2) is 224 Å². The Morgan fingerprint density at radius 3 is 0.583 bits per heavy atom. The van der Waals surface area contributed by atoms with Crippen LogP contribution in [0.4, 0.5) is 0 Å². The lowest BCUT2D eigenvalue weighted by Crippen LogP contribution is -2.40. The second kappa shape index (κ2) is 78.7. The van der Waals surface area contributed by atoms with E-state index < -0.39 is 35.2 Å². The first kappa shape index (κ1) is 129. The second-order valence-corrected chi connectivity index (χ2v) is 39.5. The van der Waals surface area contributed by atoms with Gasteiger partial charge in [0, 0.05) is 169 Å². The monoisotopic (exact) mass is 1900 g/mol. The van der Waals surface area contributed by atoms with Crippen LogP contribution < -0.4 is 0 Å². The average molecular weight is 1900 g/mol. The van der Waals surface area contributed by atoms with Gasteiger partial charge in [-0.15, -0.1) is 0 Å². The van der Waals surface area contributed by atoms with Gasteiger partial charge in [0.05, 0.1) is 76.0 Å². The van der Waals surface area contributed by atoms with Crippen LogP contribution in [0.3, 0.4) is 0 Å². The number of benzene rings is 8. The highest BCUT2D eigenvalue weighted by Crippen LogP contribution is 2.21. The molecule has 0 saturated carbocycles. The van der Waals surface area contributed by atoms with Crippen molar-refractivity contribution in [3.05, 3.63) is 283 Å². The molecule has 26 nitrogen and oxygen atoms in total. The van der Waals surface area contributed by atoms with Gasteiger partial charge < -0.3 is 72.8 Å². The molecule has 0 aliphatic carbocycles. The number of aliphatic imine (C=N–C) groups is 6. The van der Waals surface area contributed by atoms with Crippen LogP contribution in [0.2, 0.25) is 26.2 Å². The van der Waals surface area contributed by atoms with E-state index in [9.17, 15) is 4.79 Å². The van der Waals surface area contributed by atoms with Gasteiger partial charge in [-0.3, -0.25) is 24.8 Å². The molecule has 0 aliphatic rings. The van der Waals surface area contributed by atoms with Crippen molar-refractivity contribution >= 4 is 76.2 Å². The minimum atomic E-state index is -2.52. The van der Waals surface area contributed by atoms with Gasteiger partial charge in [-0.1, -0.05) is 271 Å². The summed E-state index contributed by atoms with van der Waals surface area (Å²) < 4.78 is 69.9. The van der Waals surface area contributed by atoms with Crippen LogP contribution in [-0.2, 0) is 128 Å². The van der Waals surface area contributed by atoms with Gasteiger partial charge in [0.15, 0.2) is 0 Å². The third-order valence-electron chi connectivity index (χ3n) is 19.8. The molecule has 132 heavy (non-hydrogen) atoms. The van der Waals surface area contributed by atoms with Gasteiger partial charge in [-0.25, -0.2) is 19.6 Å². The zero-order valence-corrected chi connectivity index (χ0v) is 86.5. The van der Waals surface area contributed by atoms with Gasteiger partial charge in [0.25, 0.3) is 6.26 Å². The molecule has 730 valence electrons. The summed E-state index contributed by atoms with van der Waals surface area (Å²) in [4.78, 5) is 53.6. The van der Waals surface area contributed by atoms with E-state index in [1.54, 1.807) is 85.1 Å². The molecule has 0 spiro atoms. The SMILES string of the molecule is C.C.CCC(=O)OCCN=C(c1ccc(CC)cc1)c1ccc(CC)cc1.CCc1ccc(C(=NCCO)c2ccc(CC)cc2)cc1.CCc1ccc(C(=NCCO)c2ccc(CC)cc2)cc1.CCc1ccc(C(=NCCO[Si](C)(OC)OC)c2ccc(CC)cc2)cc1.CN=C=O.CN=C=O.COC#N.CO[Si](C)(OC)OC.CO[Si](C)(OC)OC.CO[Si](C)(OC)OC. The van der Waals surface area contributed by atoms with Crippen molar-refractivity contribution < 1.29 is 87.2 Å². The number of hydrogen-bond acceptors (Lipinski definition) is 26. The zero-order chi connectivity index (χ0) is 98.0. The average Bonchev–Trinajstić information content (AvgIpc) is 0.847. The highest BCUT2D eigenvalue weighted by Gasteiger charge is 2.33. The molecule has 2 N–H and O–H groups in total. The lowest BCUT2D eigenvalue weighted by molar-refractivity contribution is -0.142. The molecule has 0 bridgehead atoms. The molecule has 0 aromatic heterocycles. The lowest BCUT2D eigenvalue weighted by Gasteiger charge is -2.21. The molecule has 30 heteroatoms. The predicted octanol–water partition coefficient (Wildman–Crippen LogP) is 19.2. The summed E-state index contributed by atoms with van der Waals surface area (Å²) in [6.07, 6.45) is 12.7. The molecular formula is C102H157N7O19Si4. The van der Waals surface area contributed by atoms with E-state index >= 15 is 0 Å². The third-order valence-corrected chi connectivity index (χ3v) is 28.7. The molecule has 0 saturated heterocycles. The van der Waals surface area contributed by atoms with E-state index in [1.807, 2.05) is 26.2 Å². The molecule has 0 fully saturated rings. The summed E-state index contributed by atoms with van der Waals surface area (Å²) in [6, 6.07) is 68.3. The number of aliphatic hydroxyl groups is 2. The molecule has 0 heterocycles. The van der Waals surface area contributed by atoms with Gasteiger partial charge >= 0.3 is 41.2 Å². The fourth-order valence-electron chi connectivity index (χ4n) is 10.7. The van der Waals surface area contributed by atoms with Crippen LogP contribution in [0.1, 0.15) is 173 Å². The van der Waals surface area contributed by atoms with Gasteiger partial charge in [-0.2, -0.15) is 5.26 Å². The summed E-state index contributed by atoms with van der Waals surface area (Å²) in [6.45, 7) is 29.2. The van der Waals surface area contributed by atoms with E-state index in [-0.39, 0.29) is 34.0 Å². The lowest BCUT2D eigenvalue weighted by atomic mass is 9.99. The molecule has 0 atom stereocenters. The number of aryl methyl sites for hydroxylation is 8. The Balaban J connectivity index is -0.000000733. The predicted molar refractivity (Wildman–Crippen MR) is 548 cm³/mol. The molecule has 8 rings (SSSR count). The van der Waals surface area contributed by atoms with Crippen molar-refractivity contribution in [2.45, 2.75) is 161 Å². The molecule has 0 aliphatic heterocycles. The van der Waals surface area contributed by atoms with Crippen molar-refractivity contribution in [3.8, 4) is 6.26 Å². The number of esters is 1. The van der Waals surface area contributed by atoms with Crippen molar-refractivity contribution in [3.63, 3.8) is 0 Å². The first-order valence-electron chi connectivity index (χ1n) is 43.4. The summed E-state index contributed by atoms with van der Waals surface area (Å²) in [5, 5.41) is 25.5. The van der Waals surface area contributed by atoms with E-state index in [4.69, 9.17) is 92.9 Å². The second-order valence-electron chi connectivity index (χ2n) is 27.8. The normalized spacial score (nSPS) is 10.2. The number of nitriles is 1. The number of isocyanates is 2. The Bertz CT molecular complexity index is 4120. The number of nitrogens with zero attached hydrogens (tertiary/aromatic N) is 7. The summed E-state index contributed by atoms with van der Waals surface area (Å²) in [5.74, 6) is -0.184. The molecule has 0 unspecified atom stereocenters. The minimum Gasteiger partial charge on any atom is -0.464 e. The number of hydrogen-bond donors (Lipinski definition) is 2. The van der Waals surface area contributed by atoms with Gasteiger partial charge in [-0.05, 0) is 95.9 Å². The molecule has 8 aromatic rings. The quantitative estimate of drug-likeness (QED) is 0.00902. The van der Waals surface area contributed by atoms with Crippen LogP contribution in [0, 0.1) is 11.5 Å². The van der Waals surface area contributed by atoms with Crippen LogP contribution >= 0.6 is 0 Å². The standard InChI is InChI=1S/C22H31NO3Si.C22H27NO2.2C19H23NO.3C4H12O3Si.3C2H3NO.2CH4/c1-6-18-8-12-20(13-9-18)22(21-14-10-19(7-2)11-15-21)23-16-17-26-27(5,24-3)25-4;1-4-17-7-11-19(12-8-17)22(23-15-16-25-21(24)6-3)20-13-9-18(5-2)10-14-20;2*1-3-15-5-9-17(10-6-15)19(20-13-14-21)18-11-7-16(4-2)8-12-18;3*1-5-8(4,6-2)7-3;1-4-2-3;2*1-3-2-4;;/h8-15H,6-7,16-17H2,1-5H3;7-14H,4-6,15-16H2,1-3H3;2*5-12,21H,3-4,13-14H2,1-2H3;3*1-4H3;3*1H3;2*1H4. The van der Waals surface area contributed by atoms with Crippen LogP contribution in [0.5, 0.6) is 0 Å². The highest BCUT2D eigenvalue weighted by molar-refractivity contribution is 6.60. The van der Waals surface area contributed by atoms with E-state index in [0.29, 0.717) is 45.8 Å². The Labute approximate surface area is 796 Å². The smallest absolute Gasteiger partial charge is 0.464 e. The summed E-state index contributed by atoms with van der Waals surface area (Å²) >= 11 is 0. The number of rotatable bonds is 39. The number of ether oxygens (including phenoxy) is 2. The van der Waals surface area contributed by atoms with E-state index in [1.165, 1.54) is 84.1 Å². The Morgan fingerprint density at radius 1 is 0.303 bits per heavy atom. The van der Waals surface area contributed by atoms with Crippen molar-refractivity contribution in [1.29, 1.82) is 5.26 Å². The van der Waals surface area contributed by atoms with Crippen molar-refractivity contribution in [2.24, 2.45) is 30.0 Å². The highest BCUT2D eigenvalue weighted by atomic mass is 28.4. The molecule has 0 radical (unpaired) electrons. The Kier molecular flexibility index (Phi) is 76.7. The maximum Gasteiger partial charge on any atom is 0.497 e. The molecule has 8 aromatic carbocycles. The fourth-order valence-corrected chi connectivity index (χ4v) is 13.0. The van der Waals surface area contributed by atoms with E-state index in [0.717, 1.165) is 119 Å². The maximum absolute atomic E-state index is 11.3. The molecule has 0 amide bonds. The van der Waals surface area contributed by atoms with Crippen LogP contribution in [-0.4, -0.2) is 238 Å². The number of aliphatic hydroxyl groups excluding tert-OH is 2. The van der Waals surface area contributed by atoms with Crippen molar-refractivity contribution in [1.82, 2.24) is 0 Å². The summed E-state index contributed by atoms with van der Waals surface area (Å²) in [7, 11) is 12.5. The third kappa shape index (κ3) is 53.2. The number of carbonyl (C=O) groups is 1. The molecular weight excluding hydrogens is 1740 g/mol. The number of methoxy groups -OCH3 is 1. The minimum absolute atomic E-state index is 0. The first-order chi connectivity index (χ1) is 62.6. The van der Waals surface area contributed by atoms with Gasteiger partial charge in [0.1, 0.15) is 6.61 Å². The largest absolute Gasteiger partial charge is 0.497 e. The fraction of sp³-hybridized carbons (Fsp3) is 0.451. The zero-order valence-electron chi connectivity index (χ0n) is 82.5. The van der Waals surface area contributed by atoms with E-state index in [2.05, 4.69) is 274 Å². The number of carbonyl (C=O) groups excluding carboxylic acids is 3. The summed E-state index contributed by atoms with van der Waals surface area (Å²) in [5.41, 5.74) is 23.2. The van der Waals surface area contributed by atoms with Crippen LogP contribution in [0.25, 0.3) is 0 Å². The maximum atomic E-state index is 11.3. The van der Waals surface area contributed by atoms with Gasteiger partial charge in [0.2, 0.25) is 12.2 Å². The Morgan fingerprint density at radius 2 is 0.462 bits per heavy atom. The first-order valence-corrected chi connectivity index (χ1v) is 52.3.